The lowest BCUT2D eigenvalue weighted by Crippen LogP contribution is -2.17. The van der Waals surface area contributed by atoms with Crippen LogP contribution in [0.2, 0.25) is 0 Å². The van der Waals surface area contributed by atoms with Gasteiger partial charge < -0.3 is 19.3 Å². The zero-order valence-electron chi connectivity index (χ0n) is 5.85. The van der Waals surface area contributed by atoms with Crippen LogP contribution in [0.15, 0.2) is 0 Å². The molecule has 0 radical (unpaired) electrons. The van der Waals surface area contributed by atoms with Crippen LogP contribution in [-0.4, -0.2) is 36.5 Å². The molecule has 0 rings (SSSR count). The van der Waals surface area contributed by atoms with Gasteiger partial charge in [0.25, 0.3) is 0 Å². The molecule has 0 heterocycles. The van der Waals surface area contributed by atoms with Crippen LogP contribution in [0.1, 0.15) is 0 Å². The quantitative estimate of drug-likeness (QED) is 0.450. The second-order valence-electron chi connectivity index (χ2n) is 1.75. The molecule has 0 amide bonds. The van der Waals surface area contributed by atoms with Gasteiger partial charge >= 0.3 is 7.60 Å². The summed E-state index contributed by atoms with van der Waals surface area (Å²) in [6.07, 6.45) is -1.22. The maximum Gasteiger partial charge on any atom is 0.330 e. The minimum absolute atomic E-state index is 0.403. The first-order chi connectivity index (χ1) is 4.49. The highest BCUT2D eigenvalue weighted by molar-refractivity contribution is 7.51. The van der Waals surface area contributed by atoms with Crippen molar-refractivity contribution in [2.45, 2.75) is 6.29 Å². The fraction of sp³-hybridized carbons (Fsp3) is 1.00. The van der Waals surface area contributed by atoms with Crippen LogP contribution in [0.5, 0.6) is 0 Å². The molecule has 0 saturated heterocycles. The van der Waals surface area contributed by atoms with E-state index in [9.17, 15) is 4.57 Å². The van der Waals surface area contributed by atoms with Crippen LogP contribution >= 0.6 is 7.60 Å². The molecule has 0 unspecified atom stereocenters. The Hall–Kier alpha value is 0.0700. The highest BCUT2D eigenvalue weighted by Gasteiger charge is 2.20. The summed E-state index contributed by atoms with van der Waals surface area (Å²) in [5, 5.41) is 0. The van der Waals surface area contributed by atoms with Crippen LogP contribution in [0.4, 0.5) is 0 Å². The Morgan fingerprint density at radius 3 is 1.90 bits per heavy atom. The van der Waals surface area contributed by atoms with E-state index in [-0.39, 0.29) is 0 Å². The first kappa shape index (κ1) is 10.1. The zero-order valence-corrected chi connectivity index (χ0v) is 6.75. The predicted molar refractivity (Wildman–Crippen MR) is 34.7 cm³/mol. The molecule has 0 aromatic carbocycles. The van der Waals surface area contributed by atoms with Crippen LogP contribution in [0.3, 0.4) is 0 Å². The van der Waals surface area contributed by atoms with Crippen molar-refractivity contribution in [1.82, 2.24) is 0 Å². The van der Waals surface area contributed by atoms with Gasteiger partial charge in [0, 0.05) is 14.2 Å². The first-order valence-corrected chi connectivity index (χ1v) is 4.39. The molecule has 0 bridgehead atoms. The first-order valence-electron chi connectivity index (χ1n) is 2.59. The van der Waals surface area contributed by atoms with Crippen LogP contribution < -0.4 is 0 Å². The molecular formula is C4H11O5P. The Bertz CT molecular complexity index is 126. The molecule has 5 nitrogen and oxygen atoms in total. The minimum Gasteiger partial charge on any atom is -0.355 e. The van der Waals surface area contributed by atoms with E-state index in [4.69, 9.17) is 9.79 Å². The Labute approximate surface area is 59.1 Å². The SMILES string of the molecule is COC(CP(=O)(O)O)OC. The lowest BCUT2D eigenvalue weighted by atomic mass is 10.7. The highest BCUT2D eigenvalue weighted by Crippen LogP contribution is 2.35. The van der Waals surface area contributed by atoms with E-state index >= 15 is 0 Å². The molecule has 0 aromatic rings. The van der Waals surface area contributed by atoms with Crippen LogP contribution in [-0.2, 0) is 14.0 Å². The second-order valence-corrected chi connectivity index (χ2v) is 3.44. The molecule has 0 aliphatic heterocycles. The smallest absolute Gasteiger partial charge is 0.330 e. The Kier molecular flexibility index (Phi) is 4.08. The van der Waals surface area contributed by atoms with E-state index in [0.717, 1.165) is 0 Å². The number of ether oxygens (including phenoxy) is 2. The summed E-state index contributed by atoms with van der Waals surface area (Å²) in [5.74, 6) is 0. The fourth-order valence-electron chi connectivity index (χ4n) is 0.439. The van der Waals surface area contributed by atoms with Crippen molar-refractivity contribution >= 4 is 7.60 Å². The molecule has 6 heteroatoms. The minimum atomic E-state index is -4.00. The van der Waals surface area contributed by atoms with Gasteiger partial charge in [-0.05, 0) is 0 Å². The van der Waals surface area contributed by atoms with Crippen molar-refractivity contribution in [2.24, 2.45) is 0 Å². The molecule has 0 saturated carbocycles. The molecule has 0 aromatic heterocycles. The zero-order chi connectivity index (χ0) is 8.20. The molecule has 62 valence electrons. The average molecular weight is 170 g/mol. The van der Waals surface area contributed by atoms with Crippen molar-refractivity contribution in [3.63, 3.8) is 0 Å². The summed E-state index contributed by atoms with van der Waals surface area (Å²) >= 11 is 0. The van der Waals surface area contributed by atoms with Gasteiger partial charge in [0.05, 0.1) is 0 Å². The maximum absolute atomic E-state index is 10.3. The normalized spacial score (nSPS) is 12.5. The summed E-state index contributed by atoms with van der Waals surface area (Å²) in [5.41, 5.74) is 0. The Balaban J connectivity index is 3.75. The number of hydrogen-bond donors (Lipinski definition) is 2. The largest absolute Gasteiger partial charge is 0.355 e. The van der Waals surface area contributed by atoms with Crippen molar-refractivity contribution in [3.05, 3.63) is 0 Å². The number of methoxy groups -OCH3 is 2. The van der Waals surface area contributed by atoms with E-state index in [1.165, 1.54) is 14.2 Å². The van der Waals surface area contributed by atoms with Crippen molar-refractivity contribution in [2.75, 3.05) is 20.4 Å². The molecule has 0 aliphatic carbocycles. The molecule has 2 N–H and O–H groups in total. The fourth-order valence-corrected chi connectivity index (χ4v) is 1.13. The van der Waals surface area contributed by atoms with Gasteiger partial charge in [-0.15, -0.1) is 0 Å². The molecule has 0 atom stereocenters. The predicted octanol–water partition coefficient (Wildman–Crippen LogP) is -0.217. The van der Waals surface area contributed by atoms with E-state index in [1.54, 1.807) is 0 Å². The van der Waals surface area contributed by atoms with E-state index in [0.29, 0.717) is 0 Å². The summed E-state index contributed by atoms with van der Waals surface area (Å²) in [6.45, 7) is 0. The third-order valence-electron chi connectivity index (χ3n) is 0.913. The van der Waals surface area contributed by atoms with Crippen molar-refractivity contribution < 1.29 is 23.8 Å². The van der Waals surface area contributed by atoms with Gasteiger partial charge in [0.1, 0.15) is 6.16 Å². The molecular weight excluding hydrogens is 159 g/mol. The van der Waals surface area contributed by atoms with Gasteiger partial charge in [0.15, 0.2) is 6.29 Å². The van der Waals surface area contributed by atoms with Crippen LogP contribution in [0, 0.1) is 0 Å². The molecule has 0 spiro atoms. The monoisotopic (exact) mass is 170 g/mol. The van der Waals surface area contributed by atoms with Crippen molar-refractivity contribution in [1.29, 1.82) is 0 Å². The summed E-state index contributed by atoms with van der Waals surface area (Å²) < 4.78 is 19.4. The highest BCUT2D eigenvalue weighted by atomic mass is 31.2. The van der Waals surface area contributed by atoms with Crippen LogP contribution in [0.25, 0.3) is 0 Å². The lowest BCUT2D eigenvalue weighted by molar-refractivity contribution is -0.0873. The summed E-state index contributed by atoms with van der Waals surface area (Å²) in [4.78, 5) is 16.8. The van der Waals surface area contributed by atoms with Gasteiger partial charge in [-0.25, -0.2) is 0 Å². The van der Waals surface area contributed by atoms with Gasteiger partial charge in [0.2, 0.25) is 0 Å². The second kappa shape index (κ2) is 4.05. The van der Waals surface area contributed by atoms with Gasteiger partial charge in [-0.2, -0.15) is 0 Å². The third kappa shape index (κ3) is 4.90. The standard InChI is InChI=1S/C4H11O5P/c1-8-4(9-2)3-10(5,6)7/h4H,3H2,1-2H3,(H2,5,6,7). The Morgan fingerprint density at radius 1 is 1.40 bits per heavy atom. The van der Waals surface area contributed by atoms with Crippen molar-refractivity contribution in [3.8, 4) is 0 Å². The molecule has 0 fully saturated rings. The van der Waals surface area contributed by atoms with E-state index < -0.39 is 20.0 Å². The lowest BCUT2D eigenvalue weighted by Gasteiger charge is -2.13. The number of hydrogen-bond acceptors (Lipinski definition) is 3. The topological polar surface area (TPSA) is 76.0 Å². The average Bonchev–Trinajstić information content (AvgIpc) is 1.81. The number of rotatable bonds is 4. The summed E-state index contributed by atoms with van der Waals surface area (Å²) in [7, 11) is -1.36. The molecule has 10 heavy (non-hydrogen) atoms. The maximum atomic E-state index is 10.3. The van der Waals surface area contributed by atoms with E-state index in [2.05, 4.69) is 9.47 Å². The van der Waals surface area contributed by atoms with Gasteiger partial charge in [-0.1, -0.05) is 0 Å². The van der Waals surface area contributed by atoms with Gasteiger partial charge in [-0.3, -0.25) is 4.57 Å². The van der Waals surface area contributed by atoms with E-state index in [1.807, 2.05) is 0 Å². The molecule has 0 aliphatic rings. The Morgan fingerprint density at radius 2 is 1.80 bits per heavy atom. The summed E-state index contributed by atoms with van der Waals surface area (Å²) in [6, 6.07) is 0. The third-order valence-corrected chi connectivity index (χ3v) is 1.69.